The van der Waals surface area contributed by atoms with Gasteiger partial charge in [0.1, 0.15) is 11.3 Å². The van der Waals surface area contributed by atoms with E-state index in [1.54, 1.807) is 12.1 Å². The van der Waals surface area contributed by atoms with Crippen molar-refractivity contribution in [3.05, 3.63) is 62.9 Å². The molecule has 0 aliphatic rings. The molecule has 0 saturated carbocycles. The zero-order chi connectivity index (χ0) is 15.6. The summed E-state index contributed by atoms with van der Waals surface area (Å²) < 4.78 is 24.6. The molecule has 1 aromatic heterocycles. The highest BCUT2D eigenvalue weighted by Crippen LogP contribution is 2.25. The molecule has 0 aliphatic heterocycles. The highest BCUT2D eigenvalue weighted by Gasteiger charge is 2.22. The topological polar surface area (TPSA) is 90.2 Å². The third kappa shape index (κ3) is 3.56. The molecule has 0 N–H and O–H groups in total. The largest absolute Gasteiger partial charge is 0.291 e. The fraction of sp³-hybridized carbons (Fsp3) is 0.154. The Labute approximate surface area is 126 Å². The Hall–Kier alpha value is -1.99. The first kappa shape index (κ1) is 15.4. The third-order valence-electron chi connectivity index (χ3n) is 2.85. The van der Waals surface area contributed by atoms with Crippen molar-refractivity contribution in [3.63, 3.8) is 0 Å². The smallest absolute Gasteiger partial charge is 0.258 e. The molecular weight excluding hydrogens is 316 g/mol. The van der Waals surface area contributed by atoms with E-state index in [0.29, 0.717) is 0 Å². The molecule has 0 spiro atoms. The minimum Gasteiger partial charge on any atom is -0.258 e. The lowest BCUT2D eigenvalue weighted by atomic mass is 10.2. The fourth-order valence-electron chi connectivity index (χ4n) is 1.77. The molecule has 0 unspecified atom stereocenters. The number of benzene rings is 1. The minimum absolute atomic E-state index is 0.00899. The summed E-state index contributed by atoms with van der Waals surface area (Å²) in [4.78, 5) is 14.0. The fourth-order valence-corrected chi connectivity index (χ4v) is 3.31. The second-order valence-corrected chi connectivity index (χ2v) is 6.84. The lowest BCUT2D eigenvalue weighted by molar-refractivity contribution is -0.385. The molecule has 0 radical (unpaired) electrons. The van der Waals surface area contributed by atoms with Crippen molar-refractivity contribution < 1.29 is 13.3 Å². The molecule has 8 heteroatoms. The number of halogens is 1. The van der Waals surface area contributed by atoms with Gasteiger partial charge in [0, 0.05) is 5.56 Å². The van der Waals surface area contributed by atoms with Crippen molar-refractivity contribution in [2.45, 2.75) is 17.6 Å². The van der Waals surface area contributed by atoms with E-state index >= 15 is 0 Å². The predicted molar refractivity (Wildman–Crippen MR) is 78.0 cm³/mol. The number of rotatable bonds is 4. The van der Waals surface area contributed by atoms with Crippen molar-refractivity contribution in [1.82, 2.24) is 4.98 Å². The van der Waals surface area contributed by atoms with Crippen LogP contribution in [0.4, 0.5) is 5.69 Å². The molecule has 6 nitrogen and oxygen atoms in total. The van der Waals surface area contributed by atoms with E-state index in [1.807, 2.05) is 6.92 Å². The number of hydrogen-bond acceptors (Lipinski definition) is 5. The zero-order valence-electron chi connectivity index (χ0n) is 11.0. The first-order chi connectivity index (χ1) is 9.79. The van der Waals surface area contributed by atoms with Crippen LogP contribution < -0.4 is 0 Å². The molecule has 0 fully saturated rings. The van der Waals surface area contributed by atoms with Gasteiger partial charge in [0.05, 0.1) is 15.6 Å². The van der Waals surface area contributed by atoms with Crippen LogP contribution in [0.3, 0.4) is 0 Å². The average molecular weight is 327 g/mol. The molecule has 2 aromatic rings. The third-order valence-corrected chi connectivity index (χ3v) is 4.74. The summed E-state index contributed by atoms with van der Waals surface area (Å²) >= 11 is 5.69. The summed E-state index contributed by atoms with van der Waals surface area (Å²) in [6.45, 7) is 1.84. The van der Waals surface area contributed by atoms with Crippen molar-refractivity contribution >= 4 is 27.1 Å². The van der Waals surface area contributed by atoms with E-state index in [4.69, 9.17) is 11.6 Å². The summed E-state index contributed by atoms with van der Waals surface area (Å²) in [7, 11) is -3.69. The van der Waals surface area contributed by atoms with Crippen LogP contribution in [0.2, 0.25) is 5.15 Å². The summed E-state index contributed by atoms with van der Waals surface area (Å²) in [6.07, 6.45) is 0.961. The zero-order valence-corrected chi connectivity index (χ0v) is 12.6. The van der Waals surface area contributed by atoms with E-state index < -0.39 is 20.5 Å². The summed E-state index contributed by atoms with van der Waals surface area (Å²) in [6, 6.07) is 7.48. The maximum atomic E-state index is 12.3. The van der Waals surface area contributed by atoms with Gasteiger partial charge in [0.25, 0.3) is 5.69 Å². The molecule has 2 rings (SSSR count). The maximum absolute atomic E-state index is 12.3. The van der Waals surface area contributed by atoms with E-state index in [-0.39, 0.29) is 21.3 Å². The van der Waals surface area contributed by atoms with Crippen LogP contribution in [-0.4, -0.2) is 18.3 Å². The van der Waals surface area contributed by atoms with Crippen LogP contribution >= 0.6 is 11.6 Å². The Morgan fingerprint density at radius 2 is 1.90 bits per heavy atom. The van der Waals surface area contributed by atoms with Crippen LogP contribution in [0.15, 0.2) is 41.4 Å². The first-order valence-corrected chi connectivity index (χ1v) is 7.91. The Morgan fingerprint density at radius 1 is 1.29 bits per heavy atom. The number of sulfone groups is 1. The summed E-state index contributed by atoms with van der Waals surface area (Å²) in [5, 5.41) is 10.9. The molecule has 0 atom stereocenters. The van der Waals surface area contributed by atoms with E-state index in [0.717, 1.165) is 11.8 Å². The molecule has 0 saturated heterocycles. The molecule has 0 aliphatic carbocycles. The van der Waals surface area contributed by atoms with Crippen molar-refractivity contribution in [3.8, 4) is 0 Å². The molecule has 21 heavy (non-hydrogen) atoms. The van der Waals surface area contributed by atoms with Crippen LogP contribution in [0.5, 0.6) is 0 Å². The highest BCUT2D eigenvalue weighted by molar-refractivity contribution is 7.90. The lowest BCUT2D eigenvalue weighted by Crippen LogP contribution is -2.07. The number of aromatic nitrogens is 1. The van der Waals surface area contributed by atoms with Gasteiger partial charge in [-0.05, 0) is 25.1 Å². The molecule has 1 heterocycles. The van der Waals surface area contributed by atoms with Gasteiger partial charge in [-0.2, -0.15) is 0 Å². The average Bonchev–Trinajstić information content (AvgIpc) is 2.38. The van der Waals surface area contributed by atoms with Gasteiger partial charge in [-0.15, -0.1) is 0 Å². The van der Waals surface area contributed by atoms with Crippen LogP contribution in [0.25, 0.3) is 0 Å². The number of nitro groups is 1. The molecule has 110 valence electrons. The van der Waals surface area contributed by atoms with E-state index in [2.05, 4.69) is 4.98 Å². The number of aryl methyl sites for hydroxylation is 1. The molecule has 1 aromatic carbocycles. The molecule has 0 amide bonds. The monoisotopic (exact) mass is 326 g/mol. The van der Waals surface area contributed by atoms with Crippen LogP contribution in [-0.2, 0) is 15.6 Å². The van der Waals surface area contributed by atoms with E-state index in [1.165, 1.54) is 18.2 Å². The first-order valence-electron chi connectivity index (χ1n) is 5.88. The second-order valence-electron chi connectivity index (χ2n) is 4.46. The number of nitrogens with zero attached hydrogens (tertiary/aromatic N) is 2. The van der Waals surface area contributed by atoms with Gasteiger partial charge >= 0.3 is 0 Å². The normalized spacial score (nSPS) is 11.3. The molecule has 0 bridgehead atoms. The van der Waals surface area contributed by atoms with Gasteiger partial charge in [-0.1, -0.05) is 29.3 Å². The summed E-state index contributed by atoms with van der Waals surface area (Å²) in [5.41, 5.74) is 0.572. The number of hydrogen-bond donors (Lipinski definition) is 0. The van der Waals surface area contributed by atoms with Gasteiger partial charge in [-0.25, -0.2) is 13.4 Å². The number of pyridine rings is 1. The van der Waals surface area contributed by atoms with E-state index in [9.17, 15) is 18.5 Å². The second kappa shape index (κ2) is 5.79. The Balaban J connectivity index is 2.43. The van der Waals surface area contributed by atoms with Crippen LogP contribution in [0.1, 0.15) is 11.1 Å². The van der Waals surface area contributed by atoms with Crippen LogP contribution in [0, 0.1) is 17.0 Å². The van der Waals surface area contributed by atoms with Crippen molar-refractivity contribution in [1.29, 1.82) is 0 Å². The minimum atomic E-state index is -3.69. The lowest BCUT2D eigenvalue weighted by Gasteiger charge is -2.06. The van der Waals surface area contributed by atoms with Crippen molar-refractivity contribution in [2.75, 3.05) is 0 Å². The van der Waals surface area contributed by atoms with Gasteiger partial charge < -0.3 is 0 Å². The highest BCUT2D eigenvalue weighted by atomic mass is 35.5. The summed E-state index contributed by atoms with van der Waals surface area (Å²) in [5.74, 6) is -0.505. The predicted octanol–water partition coefficient (Wildman–Crippen LogP) is 2.93. The van der Waals surface area contributed by atoms with Crippen molar-refractivity contribution in [2.24, 2.45) is 0 Å². The maximum Gasteiger partial charge on any atom is 0.291 e. The van der Waals surface area contributed by atoms with Gasteiger partial charge in [0.15, 0.2) is 9.84 Å². The van der Waals surface area contributed by atoms with Gasteiger partial charge in [0.2, 0.25) is 0 Å². The van der Waals surface area contributed by atoms with Gasteiger partial charge in [-0.3, -0.25) is 10.1 Å². The quantitative estimate of drug-likeness (QED) is 0.489. The Kier molecular flexibility index (Phi) is 4.24. The Morgan fingerprint density at radius 3 is 2.48 bits per heavy atom. The Bertz CT molecular complexity index is 788. The SMILES string of the molecule is Cc1ccc(S(=O)(=O)Cc2cc(Cl)ncc2[N+](=O)[O-])cc1. The standard InChI is InChI=1S/C13H11ClN2O4S/c1-9-2-4-11(5-3-9)21(19,20)8-10-6-13(14)15-7-12(10)16(17)18/h2-7H,8H2,1H3. The molecular formula is C13H11ClN2O4S.